The van der Waals surface area contributed by atoms with Crippen LogP contribution in [-0.2, 0) is 4.74 Å². The van der Waals surface area contributed by atoms with E-state index in [0.29, 0.717) is 40.3 Å². The van der Waals surface area contributed by atoms with Crippen LogP contribution in [-0.4, -0.2) is 50.5 Å². The Morgan fingerprint density at radius 1 is 0.917 bits per heavy atom. The van der Waals surface area contributed by atoms with E-state index in [1.54, 1.807) is 30.3 Å². The number of likely N-dealkylation sites (N-methyl/N-ethyl adjacent to an activating group) is 1. The van der Waals surface area contributed by atoms with Crippen molar-refractivity contribution in [2.45, 2.75) is 6.36 Å². The van der Waals surface area contributed by atoms with Gasteiger partial charge in [0.15, 0.2) is 0 Å². The standard InChI is InChI=1S/C25H25F3N4O4/c1-32(2)13-14-35-24(34)30-19-8-3-17(4-9-19)23(33)31-22-15-18(7-12-21(22)29)16-5-10-20(11-6-16)36-25(26,27)28/h3-12,15H,13-14,29H2,1-2H3,(H,30,34)(H,31,33). The van der Waals surface area contributed by atoms with Crippen molar-refractivity contribution in [3.63, 3.8) is 0 Å². The van der Waals surface area contributed by atoms with Crippen molar-refractivity contribution in [1.82, 2.24) is 4.90 Å². The van der Waals surface area contributed by atoms with Crippen LogP contribution in [0.4, 0.5) is 35.0 Å². The second-order valence-electron chi connectivity index (χ2n) is 7.97. The second-order valence-corrected chi connectivity index (χ2v) is 7.97. The van der Waals surface area contributed by atoms with Crippen LogP contribution in [0.1, 0.15) is 10.4 Å². The van der Waals surface area contributed by atoms with Crippen LogP contribution in [0.5, 0.6) is 5.75 Å². The van der Waals surface area contributed by atoms with Gasteiger partial charge in [0.1, 0.15) is 12.4 Å². The van der Waals surface area contributed by atoms with Crippen LogP contribution in [0.3, 0.4) is 0 Å². The van der Waals surface area contributed by atoms with Crippen molar-refractivity contribution in [3.8, 4) is 16.9 Å². The maximum atomic E-state index is 12.7. The Bertz CT molecular complexity index is 1200. The monoisotopic (exact) mass is 502 g/mol. The molecule has 0 saturated carbocycles. The van der Waals surface area contributed by atoms with Gasteiger partial charge in [-0.3, -0.25) is 10.1 Å². The minimum atomic E-state index is -4.77. The van der Waals surface area contributed by atoms with Crippen molar-refractivity contribution in [3.05, 3.63) is 72.3 Å². The number of hydrogen-bond acceptors (Lipinski definition) is 6. The maximum Gasteiger partial charge on any atom is 0.573 e. The van der Waals surface area contributed by atoms with E-state index in [1.165, 1.54) is 36.4 Å². The van der Waals surface area contributed by atoms with Gasteiger partial charge in [0.05, 0.1) is 11.4 Å². The molecule has 0 aromatic heterocycles. The molecule has 11 heteroatoms. The molecule has 0 spiro atoms. The Morgan fingerprint density at radius 3 is 2.17 bits per heavy atom. The molecule has 0 aliphatic rings. The minimum Gasteiger partial charge on any atom is -0.448 e. The molecule has 4 N–H and O–H groups in total. The minimum absolute atomic E-state index is 0.241. The van der Waals surface area contributed by atoms with E-state index in [9.17, 15) is 22.8 Å². The van der Waals surface area contributed by atoms with Crippen molar-refractivity contribution in [1.29, 1.82) is 0 Å². The molecule has 0 fully saturated rings. The molecular formula is C25H25F3N4O4. The molecule has 0 atom stereocenters. The van der Waals surface area contributed by atoms with E-state index in [2.05, 4.69) is 15.4 Å². The first kappa shape index (κ1) is 26.4. The third-order valence-corrected chi connectivity index (χ3v) is 4.89. The summed E-state index contributed by atoms with van der Waals surface area (Å²) < 4.78 is 46.0. The highest BCUT2D eigenvalue weighted by Crippen LogP contribution is 2.30. The van der Waals surface area contributed by atoms with E-state index in [0.717, 1.165) is 0 Å². The molecule has 3 rings (SSSR count). The third kappa shape index (κ3) is 7.91. The molecule has 0 unspecified atom stereocenters. The normalized spacial score (nSPS) is 11.2. The lowest BCUT2D eigenvalue weighted by Gasteiger charge is -2.13. The van der Waals surface area contributed by atoms with E-state index in [4.69, 9.17) is 10.5 Å². The summed E-state index contributed by atoms with van der Waals surface area (Å²) in [4.78, 5) is 26.4. The van der Waals surface area contributed by atoms with E-state index in [-0.39, 0.29) is 12.4 Å². The smallest absolute Gasteiger partial charge is 0.448 e. The number of benzene rings is 3. The highest BCUT2D eigenvalue weighted by atomic mass is 19.4. The zero-order valence-corrected chi connectivity index (χ0v) is 19.6. The molecule has 190 valence electrons. The predicted octanol–water partition coefficient (Wildman–Crippen LogP) is 5.20. The number of halogens is 3. The number of nitrogens with one attached hydrogen (secondary N) is 2. The topological polar surface area (TPSA) is 106 Å². The van der Waals surface area contributed by atoms with Gasteiger partial charge in [0, 0.05) is 17.8 Å². The summed E-state index contributed by atoms with van der Waals surface area (Å²) in [6.07, 6.45) is -5.37. The first-order chi connectivity index (χ1) is 17.0. The number of amides is 2. The summed E-state index contributed by atoms with van der Waals surface area (Å²) in [6, 6.07) is 16.4. The Labute approximate surface area is 205 Å². The Balaban J connectivity index is 1.64. The quantitative estimate of drug-likeness (QED) is 0.366. The van der Waals surface area contributed by atoms with Crippen molar-refractivity contribution in [2.75, 3.05) is 43.6 Å². The molecule has 0 bridgehead atoms. The SMILES string of the molecule is CN(C)CCOC(=O)Nc1ccc(C(=O)Nc2cc(-c3ccc(OC(F)(F)F)cc3)ccc2N)cc1. The third-order valence-electron chi connectivity index (χ3n) is 4.89. The second kappa shape index (κ2) is 11.5. The molecule has 8 nitrogen and oxygen atoms in total. The van der Waals surface area contributed by atoms with Gasteiger partial charge in [-0.05, 0) is 73.8 Å². The summed E-state index contributed by atoms with van der Waals surface area (Å²) in [5.74, 6) is -0.775. The van der Waals surface area contributed by atoms with Gasteiger partial charge in [-0.1, -0.05) is 18.2 Å². The number of carbonyl (C=O) groups excluding carboxylic acids is 2. The fourth-order valence-corrected chi connectivity index (χ4v) is 3.07. The van der Waals surface area contributed by atoms with E-state index >= 15 is 0 Å². The number of nitrogens with two attached hydrogens (primary N) is 1. The molecule has 2 amide bonds. The first-order valence-corrected chi connectivity index (χ1v) is 10.8. The Kier molecular flexibility index (Phi) is 8.38. The zero-order valence-electron chi connectivity index (χ0n) is 19.6. The van der Waals surface area contributed by atoms with Crippen LogP contribution in [0, 0.1) is 0 Å². The molecule has 3 aromatic rings. The van der Waals surface area contributed by atoms with Crippen LogP contribution in [0.15, 0.2) is 66.7 Å². The molecule has 0 radical (unpaired) electrons. The number of anilines is 3. The average molecular weight is 502 g/mol. The molecular weight excluding hydrogens is 477 g/mol. The molecule has 0 saturated heterocycles. The molecule has 0 aliphatic carbocycles. The Morgan fingerprint density at radius 2 is 1.56 bits per heavy atom. The molecule has 36 heavy (non-hydrogen) atoms. The summed E-state index contributed by atoms with van der Waals surface area (Å²) >= 11 is 0. The maximum absolute atomic E-state index is 12.7. The Hall–Kier alpha value is -4.25. The number of ether oxygens (including phenoxy) is 2. The van der Waals surface area contributed by atoms with Crippen molar-refractivity contribution < 1.29 is 32.2 Å². The van der Waals surface area contributed by atoms with Gasteiger partial charge in [-0.15, -0.1) is 13.2 Å². The fourth-order valence-electron chi connectivity index (χ4n) is 3.07. The summed E-state index contributed by atoms with van der Waals surface area (Å²) in [5, 5.41) is 5.30. The number of nitrogens with zero attached hydrogens (tertiary/aromatic N) is 1. The highest BCUT2D eigenvalue weighted by Gasteiger charge is 2.31. The average Bonchev–Trinajstić information content (AvgIpc) is 2.80. The number of alkyl halides is 3. The number of carbonyl (C=O) groups is 2. The van der Waals surface area contributed by atoms with Crippen LogP contribution in [0.2, 0.25) is 0 Å². The van der Waals surface area contributed by atoms with E-state index < -0.39 is 18.4 Å². The lowest BCUT2D eigenvalue weighted by Crippen LogP contribution is -2.22. The van der Waals surface area contributed by atoms with Gasteiger partial charge >= 0.3 is 12.5 Å². The van der Waals surface area contributed by atoms with Crippen LogP contribution >= 0.6 is 0 Å². The summed E-state index contributed by atoms with van der Waals surface area (Å²) in [7, 11) is 3.73. The molecule has 3 aromatic carbocycles. The number of rotatable bonds is 8. The van der Waals surface area contributed by atoms with Gasteiger partial charge in [0.2, 0.25) is 0 Å². The lowest BCUT2D eigenvalue weighted by atomic mass is 10.0. The number of hydrogen-bond donors (Lipinski definition) is 3. The van der Waals surface area contributed by atoms with Gasteiger partial charge in [-0.2, -0.15) is 0 Å². The van der Waals surface area contributed by atoms with Gasteiger partial charge in [0.25, 0.3) is 5.91 Å². The largest absolute Gasteiger partial charge is 0.573 e. The summed E-state index contributed by atoms with van der Waals surface area (Å²) in [5.41, 5.74) is 8.66. The predicted molar refractivity (Wildman–Crippen MR) is 131 cm³/mol. The highest BCUT2D eigenvalue weighted by molar-refractivity contribution is 6.06. The summed E-state index contributed by atoms with van der Waals surface area (Å²) in [6.45, 7) is 0.833. The zero-order chi connectivity index (χ0) is 26.3. The molecule has 0 heterocycles. The van der Waals surface area contributed by atoms with Crippen molar-refractivity contribution in [2.24, 2.45) is 0 Å². The van der Waals surface area contributed by atoms with Gasteiger partial charge < -0.3 is 25.4 Å². The van der Waals surface area contributed by atoms with Crippen molar-refractivity contribution >= 4 is 29.1 Å². The molecule has 0 aliphatic heterocycles. The van der Waals surface area contributed by atoms with E-state index in [1.807, 2.05) is 19.0 Å². The van der Waals surface area contributed by atoms with Gasteiger partial charge in [-0.25, -0.2) is 4.79 Å². The fraction of sp³-hybridized carbons (Fsp3) is 0.200. The van der Waals surface area contributed by atoms with Crippen LogP contribution in [0.25, 0.3) is 11.1 Å². The first-order valence-electron chi connectivity index (χ1n) is 10.8. The van der Waals surface area contributed by atoms with Crippen LogP contribution < -0.4 is 21.1 Å². The number of nitrogen functional groups attached to an aromatic ring is 1. The lowest BCUT2D eigenvalue weighted by molar-refractivity contribution is -0.274.